The number of carbonyl (C=O) groups is 1. The van der Waals surface area contributed by atoms with Crippen LogP contribution in [0, 0.1) is 10.1 Å². The molecule has 0 fully saturated rings. The van der Waals surface area contributed by atoms with Gasteiger partial charge in [-0.2, -0.15) is 0 Å². The molecule has 1 aliphatic rings. The summed E-state index contributed by atoms with van der Waals surface area (Å²) in [5.41, 5.74) is 5.20. The summed E-state index contributed by atoms with van der Waals surface area (Å²) >= 11 is 6.14. The number of hydrogen-bond acceptors (Lipinski definition) is 4. The van der Waals surface area contributed by atoms with Crippen molar-refractivity contribution >= 4 is 28.8 Å². The Morgan fingerprint density at radius 1 is 0.970 bits per heavy atom. The van der Waals surface area contributed by atoms with Gasteiger partial charge < -0.3 is 9.88 Å². The normalized spacial score (nSPS) is 15.2. The van der Waals surface area contributed by atoms with E-state index in [2.05, 4.69) is 9.88 Å². The van der Waals surface area contributed by atoms with Crippen molar-refractivity contribution < 1.29 is 9.72 Å². The maximum absolute atomic E-state index is 12.9. The van der Waals surface area contributed by atoms with E-state index in [4.69, 9.17) is 11.6 Å². The highest BCUT2D eigenvalue weighted by Gasteiger charge is 2.32. The van der Waals surface area contributed by atoms with E-state index in [1.165, 1.54) is 12.1 Å². The van der Waals surface area contributed by atoms with E-state index < -0.39 is 4.92 Å². The Morgan fingerprint density at radius 2 is 1.67 bits per heavy atom. The smallest absolute Gasteiger partial charge is 0.269 e. The summed E-state index contributed by atoms with van der Waals surface area (Å²) in [7, 11) is 0. The van der Waals surface area contributed by atoms with Crippen LogP contribution in [0.5, 0.6) is 0 Å². The molecule has 0 spiro atoms. The van der Waals surface area contributed by atoms with Crippen LogP contribution in [0.25, 0.3) is 16.9 Å². The van der Waals surface area contributed by atoms with E-state index in [-0.39, 0.29) is 17.5 Å². The van der Waals surface area contributed by atoms with Gasteiger partial charge in [-0.3, -0.25) is 14.9 Å². The van der Waals surface area contributed by atoms with Crippen molar-refractivity contribution in [2.75, 3.05) is 5.32 Å². The third-order valence-corrected chi connectivity index (χ3v) is 6.15. The van der Waals surface area contributed by atoms with Crippen molar-refractivity contribution in [1.82, 2.24) is 4.57 Å². The number of nitro benzene ring substituents is 1. The summed E-state index contributed by atoms with van der Waals surface area (Å²) in [6, 6.07) is 25.7. The van der Waals surface area contributed by atoms with Crippen LogP contribution in [0.15, 0.2) is 84.9 Å². The molecule has 0 bridgehead atoms. The predicted molar refractivity (Wildman–Crippen MR) is 129 cm³/mol. The second-order valence-corrected chi connectivity index (χ2v) is 8.41. The van der Waals surface area contributed by atoms with Crippen molar-refractivity contribution in [3.05, 3.63) is 111 Å². The van der Waals surface area contributed by atoms with Crippen molar-refractivity contribution in [2.24, 2.45) is 0 Å². The molecule has 1 N–H and O–H groups in total. The highest BCUT2D eigenvalue weighted by atomic mass is 35.5. The molecule has 7 heteroatoms. The van der Waals surface area contributed by atoms with Crippen LogP contribution in [-0.4, -0.2) is 15.3 Å². The number of carbonyl (C=O) groups excluding carboxylic acids is 1. The molecule has 1 aliphatic carbocycles. The summed E-state index contributed by atoms with van der Waals surface area (Å²) in [6.45, 7) is 0. The molecule has 1 aromatic heterocycles. The van der Waals surface area contributed by atoms with Crippen molar-refractivity contribution in [2.45, 2.75) is 18.9 Å². The third kappa shape index (κ3) is 4.01. The topological polar surface area (TPSA) is 77.2 Å². The van der Waals surface area contributed by atoms with Gasteiger partial charge in [-0.25, -0.2) is 0 Å². The second-order valence-electron chi connectivity index (χ2n) is 7.97. The van der Waals surface area contributed by atoms with Gasteiger partial charge in [-0.1, -0.05) is 41.9 Å². The second kappa shape index (κ2) is 8.56. The first-order chi connectivity index (χ1) is 16.0. The molecule has 1 atom stereocenters. The number of hydrogen-bond donors (Lipinski definition) is 1. The molecule has 0 aliphatic heterocycles. The number of nitrogens with one attached hydrogen (secondary N) is 1. The number of rotatable bonds is 5. The molecule has 0 saturated heterocycles. The maximum atomic E-state index is 12.9. The van der Waals surface area contributed by atoms with Crippen LogP contribution in [0.3, 0.4) is 0 Å². The number of halogens is 1. The summed E-state index contributed by atoms with van der Waals surface area (Å²) < 4.78 is 2.11. The number of fused-ring (bicyclic) bond motifs is 1. The van der Waals surface area contributed by atoms with Crippen LogP contribution in [-0.2, 0) is 0 Å². The Kier molecular flexibility index (Phi) is 5.44. The van der Waals surface area contributed by atoms with E-state index >= 15 is 0 Å². The summed E-state index contributed by atoms with van der Waals surface area (Å²) in [5, 5.41) is 15.1. The van der Waals surface area contributed by atoms with Gasteiger partial charge in [0.2, 0.25) is 0 Å². The number of anilines is 1. The first-order valence-corrected chi connectivity index (χ1v) is 11.0. The zero-order chi connectivity index (χ0) is 22.9. The number of benzene rings is 3. The Bertz CT molecular complexity index is 1330. The highest BCUT2D eigenvalue weighted by molar-refractivity contribution is 6.30. The fraction of sp³-hybridized carbons (Fsp3) is 0.115. The molecular weight excluding hydrogens is 438 g/mol. The van der Waals surface area contributed by atoms with Crippen molar-refractivity contribution in [1.29, 1.82) is 0 Å². The minimum absolute atomic E-state index is 0.0379. The molecule has 3 aromatic carbocycles. The first-order valence-electron chi connectivity index (χ1n) is 10.6. The summed E-state index contributed by atoms with van der Waals surface area (Å²) in [6.07, 6.45) is 1.05. The number of ketones is 1. The lowest BCUT2D eigenvalue weighted by Gasteiger charge is -2.27. The fourth-order valence-corrected chi connectivity index (χ4v) is 4.48. The predicted octanol–water partition coefficient (Wildman–Crippen LogP) is 6.84. The molecule has 5 rings (SSSR count). The molecule has 4 aromatic rings. The number of Topliss-reactive ketones (excluding diaryl/α,β-unsaturated/α-hetero) is 1. The zero-order valence-corrected chi connectivity index (χ0v) is 18.3. The minimum Gasteiger partial charge on any atom is -0.377 e. The molecule has 0 amide bonds. The Balaban J connectivity index is 1.65. The van der Waals surface area contributed by atoms with Crippen LogP contribution >= 0.6 is 11.6 Å². The van der Waals surface area contributed by atoms with Crippen LogP contribution in [0.1, 0.15) is 34.9 Å². The van der Waals surface area contributed by atoms with Gasteiger partial charge in [0.15, 0.2) is 5.78 Å². The SMILES string of the molecule is O=C1CCC(Nc2ccc([N+](=O)[O-])cc2)c2c1cc(-c1ccccc1)n2-c1ccc(Cl)cc1. The largest absolute Gasteiger partial charge is 0.377 e. The Hall–Kier alpha value is -3.90. The van der Waals surface area contributed by atoms with Gasteiger partial charge in [-0.15, -0.1) is 0 Å². The van der Waals surface area contributed by atoms with E-state index in [1.54, 1.807) is 12.1 Å². The van der Waals surface area contributed by atoms with Gasteiger partial charge in [0.1, 0.15) is 0 Å². The van der Waals surface area contributed by atoms with Crippen LogP contribution in [0.4, 0.5) is 11.4 Å². The van der Waals surface area contributed by atoms with E-state index in [1.807, 2.05) is 60.7 Å². The average molecular weight is 458 g/mol. The first kappa shape index (κ1) is 21.0. The quantitative estimate of drug-likeness (QED) is 0.263. The van der Waals surface area contributed by atoms with Crippen LogP contribution < -0.4 is 5.32 Å². The number of non-ortho nitro benzene ring substituents is 1. The molecule has 1 unspecified atom stereocenters. The Labute approximate surface area is 195 Å². The standard InChI is InChI=1S/C26H20ClN3O3/c27-18-6-10-20(11-7-18)29-24(17-4-2-1-3-5-17)16-22-25(31)15-14-23(26(22)29)28-19-8-12-21(13-9-19)30(32)33/h1-13,16,23,28H,14-15H2. The molecule has 0 saturated carbocycles. The molecular formula is C26H20ClN3O3. The molecule has 1 heterocycles. The van der Waals surface area contributed by atoms with E-state index in [0.29, 0.717) is 23.4 Å². The lowest BCUT2D eigenvalue weighted by molar-refractivity contribution is -0.384. The number of nitro groups is 1. The van der Waals surface area contributed by atoms with Gasteiger partial charge in [0.05, 0.1) is 22.4 Å². The maximum Gasteiger partial charge on any atom is 0.269 e. The van der Waals surface area contributed by atoms with Crippen molar-refractivity contribution in [3.63, 3.8) is 0 Å². The van der Waals surface area contributed by atoms with Gasteiger partial charge >= 0.3 is 0 Å². The summed E-state index contributed by atoms with van der Waals surface area (Å²) in [4.78, 5) is 23.5. The minimum atomic E-state index is -0.418. The number of nitrogens with zero attached hydrogens (tertiary/aromatic N) is 2. The molecule has 164 valence electrons. The lowest BCUT2D eigenvalue weighted by Crippen LogP contribution is -2.23. The number of aromatic nitrogens is 1. The highest BCUT2D eigenvalue weighted by Crippen LogP contribution is 2.40. The average Bonchev–Trinajstić information content (AvgIpc) is 3.24. The van der Waals surface area contributed by atoms with E-state index in [9.17, 15) is 14.9 Å². The Morgan fingerprint density at radius 3 is 2.33 bits per heavy atom. The molecule has 33 heavy (non-hydrogen) atoms. The summed E-state index contributed by atoms with van der Waals surface area (Å²) in [5.74, 6) is 0.108. The van der Waals surface area contributed by atoms with E-state index in [0.717, 1.165) is 28.3 Å². The van der Waals surface area contributed by atoms with Gasteiger partial charge in [-0.05, 0) is 54.4 Å². The lowest BCUT2D eigenvalue weighted by atomic mass is 9.91. The van der Waals surface area contributed by atoms with Crippen molar-refractivity contribution in [3.8, 4) is 16.9 Å². The van der Waals surface area contributed by atoms with Crippen LogP contribution in [0.2, 0.25) is 5.02 Å². The zero-order valence-electron chi connectivity index (χ0n) is 17.6. The van der Waals surface area contributed by atoms with Gasteiger partial charge in [0.25, 0.3) is 5.69 Å². The van der Waals surface area contributed by atoms with Gasteiger partial charge in [0, 0.05) is 40.5 Å². The molecule has 6 nitrogen and oxygen atoms in total. The monoisotopic (exact) mass is 457 g/mol. The molecule has 0 radical (unpaired) electrons. The fourth-order valence-electron chi connectivity index (χ4n) is 4.35. The third-order valence-electron chi connectivity index (χ3n) is 5.90.